The molecule has 0 bridgehead atoms. The lowest BCUT2D eigenvalue weighted by molar-refractivity contribution is -0.150. The van der Waals surface area contributed by atoms with Crippen LogP contribution in [0.25, 0.3) is 0 Å². The maximum absolute atomic E-state index is 13.1. The van der Waals surface area contributed by atoms with Crippen molar-refractivity contribution in [2.75, 3.05) is 150 Å². The van der Waals surface area contributed by atoms with Crippen LogP contribution in [0.3, 0.4) is 0 Å². The smallest absolute Gasteiger partial charge is 0.320 e. The number of thiol groups is 1. The van der Waals surface area contributed by atoms with Crippen LogP contribution < -0.4 is 10.6 Å². The molecule has 0 spiro atoms. The van der Waals surface area contributed by atoms with Crippen LogP contribution in [-0.4, -0.2) is 228 Å². The maximum atomic E-state index is 13.1. The van der Waals surface area contributed by atoms with Crippen LogP contribution in [0.2, 0.25) is 0 Å². The largest absolute Gasteiger partial charge is 0.465 e. The molecule has 0 radical (unpaired) electrons. The van der Waals surface area contributed by atoms with Gasteiger partial charge in [0.2, 0.25) is 17.7 Å². The van der Waals surface area contributed by atoms with Crippen molar-refractivity contribution >= 4 is 66.2 Å². The van der Waals surface area contributed by atoms with E-state index in [1.807, 2.05) is 0 Å². The summed E-state index contributed by atoms with van der Waals surface area (Å²) in [5, 5.41) is 5.48. The Morgan fingerprint density at radius 1 is 0.387 bits per heavy atom. The second-order valence-electron chi connectivity index (χ2n) is 13.2. The molecule has 0 aromatic heterocycles. The van der Waals surface area contributed by atoms with Gasteiger partial charge in [0, 0.05) is 58.8 Å². The Morgan fingerprint density at radius 3 is 0.855 bits per heavy atom. The van der Waals surface area contributed by atoms with Crippen LogP contribution in [0.15, 0.2) is 0 Å². The van der Waals surface area contributed by atoms with Crippen LogP contribution in [0.5, 0.6) is 0 Å². The fourth-order valence-electron chi connectivity index (χ4n) is 5.55. The predicted octanol–water partition coefficient (Wildman–Crippen LogP) is -2.05. The Balaban J connectivity index is 5.58. The van der Waals surface area contributed by atoms with E-state index in [2.05, 4.69) is 23.3 Å². The Bertz CT molecular complexity index is 1260. The molecule has 356 valence electrons. The van der Waals surface area contributed by atoms with E-state index in [4.69, 9.17) is 28.4 Å². The molecule has 3 amide bonds. The molecular formula is C39H69N7O15S. The highest BCUT2D eigenvalue weighted by atomic mass is 32.1. The van der Waals surface area contributed by atoms with E-state index >= 15 is 0 Å². The molecule has 2 N–H and O–H groups in total. The van der Waals surface area contributed by atoms with E-state index in [9.17, 15) is 43.2 Å². The van der Waals surface area contributed by atoms with Gasteiger partial charge in [-0.15, -0.1) is 0 Å². The second-order valence-corrected chi connectivity index (χ2v) is 13.7. The van der Waals surface area contributed by atoms with E-state index in [0.29, 0.717) is 0 Å². The molecule has 0 saturated heterocycles. The Kier molecular flexibility index (Phi) is 33.3. The fourth-order valence-corrected chi connectivity index (χ4v) is 5.74. The summed E-state index contributed by atoms with van der Waals surface area (Å²) in [6.07, 6.45) is 0.0911. The van der Waals surface area contributed by atoms with Crippen molar-refractivity contribution in [1.82, 2.24) is 35.1 Å². The SMILES string of the molecule is CCOC(=O)CN(CCN(CC(=O)OCC)CC(=O)OCC)CC(=O)NCCN(CCNC(=O)CN(CCN(CC(=O)OCC)CC(=O)OCC)CC(=O)OCC)C(=O)CCS. The number of hydrogen-bond acceptors (Lipinski definition) is 20. The van der Waals surface area contributed by atoms with Crippen LogP contribution in [0, 0.1) is 0 Å². The first-order valence-corrected chi connectivity index (χ1v) is 21.5. The second kappa shape index (κ2) is 36.0. The van der Waals surface area contributed by atoms with Crippen molar-refractivity contribution in [3.05, 3.63) is 0 Å². The third-order valence-electron chi connectivity index (χ3n) is 8.23. The summed E-state index contributed by atoms with van der Waals surface area (Å²) < 4.78 is 30.2. The first-order chi connectivity index (χ1) is 29.6. The van der Waals surface area contributed by atoms with Crippen LogP contribution in [0.4, 0.5) is 0 Å². The number of amides is 3. The standard InChI is InChI=1S/C39H69N7O15S/c1-7-56-34(50)25-42(18-20-44(27-36(52)58-9-3)28-37(53)59-10-4)23-31(47)40-14-16-46(33(49)13-22-62)17-15-41-32(48)24-43(26-35(51)57-8-2)19-21-45(29-38(54)60-11-5)30-39(55)61-12-6/h62H,7-30H2,1-6H3,(H,40,47)(H,41,48). The Labute approximate surface area is 370 Å². The number of nitrogens with zero attached hydrogens (tertiary/aromatic N) is 5. The summed E-state index contributed by atoms with van der Waals surface area (Å²) in [6, 6.07) is 0. The average molecular weight is 908 g/mol. The van der Waals surface area contributed by atoms with Crippen LogP contribution >= 0.6 is 12.6 Å². The summed E-state index contributed by atoms with van der Waals surface area (Å²) >= 11 is 4.16. The molecular weight excluding hydrogens is 839 g/mol. The van der Waals surface area contributed by atoms with Gasteiger partial charge in [-0.05, 0) is 47.3 Å². The van der Waals surface area contributed by atoms with Crippen molar-refractivity contribution in [2.45, 2.75) is 48.0 Å². The minimum atomic E-state index is -0.581. The summed E-state index contributed by atoms with van der Waals surface area (Å²) in [5.74, 6) is -4.36. The molecule has 0 fully saturated rings. The number of hydrogen-bond donors (Lipinski definition) is 3. The highest BCUT2D eigenvalue weighted by Gasteiger charge is 2.23. The molecule has 0 aliphatic carbocycles. The van der Waals surface area contributed by atoms with E-state index in [1.54, 1.807) is 41.5 Å². The van der Waals surface area contributed by atoms with E-state index < -0.39 is 47.6 Å². The summed E-state index contributed by atoms with van der Waals surface area (Å²) in [6.45, 7) is 9.43. The number of nitrogens with one attached hydrogen (secondary N) is 2. The van der Waals surface area contributed by atoms with Gasteiger partial charge in [-0.25, -0.2) is 0 Å². The van der Waals surface area contributed by atoms with Crippen molar-refractivity contribution in [3.63, 3.8) is 0 Å². The zero-order chi connectivity index (χ0) is 46.7. The van der Waals surface area contributed by atoms with E-state index in [1.165, 1.54) is 24.5 Å². The number of carbonyl (C=O) groups excluding carboxylic acids is 9. The monoisotopic (exact) mass is 907 g/mol. The highest BCUT2D eigenvalue weighted by molar-refractivity contribution is 7.80. The topological polar surface area (TPSA) is 249 Å². The molecule has 0 saturated carbocycles. The minimum Gasteiger partial charge on any atom is -0.465 e. The molecule has 0 aliphatic rings. The number of ether oxygens (including phenoxy) is 6. The van der Waals surface area contributed by atoms with Gasteiger partial charge in [-0.1, -0.05) is 0 Å². The number of rotatable bonds is 36. The lowest BCUT2D eigenvalue weighted by atomic mass is 10.3. The van der Waals surface area contributed by atoms with Gasteiger partial charge in [-0.3, -0.25) is 62.8 Å². The van der Waals surface area contributed by atoms with Crippen LogP contribution in [-0.2, 0) is 71.6 Å². The summed E-state index contributed by atoms with van der Waals surface area (Å²) in [4.78, 5) is 120. The Hall–Kier alpha value is -4.58. The molecule has 0 atom stereocenters. The lowest BCUT2D eigenvalue weighted by Crippen LogP contribution is -2.48. The molecule has 0 unspecified atom stereocenters. The molecule has 62 heavy (non-hydrogen) atoms. The van der Waals surface area contributed by atoms with Gasteiger partial charge < -0.3 is 44.0 Å². The molecule has 0 aliphatic heterocycles. The maximum Gasteiger partial charge on any atom is 0.320 e. The fraction of sp³-hybridized carbons (Fsp3) is 0.769. The van der Waals surface area contributed by atoms with Crippen LogP contribution in [0.1, 0.15) is 48.0 Å². The van der Waals surface area contributed by atoms with Crippen molar-refractivity contribution in [1.29, 1.82) is 0 Å². The van der Waals surface area contributed by atoms with Gasteiger partial charge >= 0.3 is 35.8 Å². The zero-order valence-electron chi connectivity index (χ0n) is 37.3. The third kappa shape index (κ3) is 29.6. The quantitative estimate of drug-likeness (QED) is 0.0348. The van der Waals surface area contributed by atoms with Crippen molar-refractivity contribution in [2.24, 2.45) is 0 Å². The lowest BCUT2D eigenvalue weighted by Gasteiger charge is -2.27. The van der Waals surface area contributed by atoms with Crippen molar-refractivity contribution in [3.8, 4) is 0 Å². The molecule has 0 aromatic rings. The Morgan fingerprint density at radius 2 is 0.629 bits per heavy atom. The minimum absolute atomic E-state index is 0.0254. The molecule has 23 heteroatoms. The summed E-state index contributed by atoms with van der Waals surface area (Å²) in [7, 11) is 0. The van der Waals surface area contributed by atoms with Crippen molar-refractivity contribution < 1.29 is 71.6 Å². The molecule has 0 aromatic carbocycles. The highest BCUT2D eigenvalue weighted by Crippen LogP contribution is 2.01. The normalized spacial score (nSPS) is 11.0. The number of carbonyl (C=O) groups is 9. The first-order valence-electron chi connectivity index (χ1n) is 20.9. The molecule has 22 nitrogen and oxygen atoms in total. The number of esters is 6. The van der Waals surface area contributed by atoms with Gasteiger partial charge in [-0.2, -0.15) is 12.6 Å². The predicted molar refractivity (Wildman–Crippen MR) is 227 cm³/mol. The first kappa shape index (κ1) is 57.4. The van der Waals surface area contributed by atoms with E-state index in [-0.39, 0.29) is 162 Å². The van der Waals surface area contributed by atoms with Gasteiger partial charge in [0.05, 0.1) is 92.0 Å². The molecule has 0 heterocycles. The van der Waals surface area contributed by atoms with E-state index in [0.717, 1.165) is 0 Å². The molecule has 0 rings (SSSR count). The zero-order valence-corrected chi connectivity index (χ0v) is 38.2. The average Bonchev–Trinajstić information content (AvgIpc) is 3.18. The van der Waals surface area contributed by atoms with Gasteiger partial charge in [0.15, 0.2) is 0 Å². The van der Waals surface area contributed by atoms with Gasteiger partial charge in [0.1, 0.15) is 0 Å². The van der Waals surface area contributed by atoms with Gasteiger partial charge in [0.25, 0.3) is 0 Å². The third-order valence-corrected chi connectivity index (χ3v) is 8.46. The summed E-state index contributed by atoms with van der Waals surface area (Å²) in [5.41, 5.74) is 0.